The summed E-state index contributed by atoms with van der Waals surface area (Å²) in [7, 11) is 0. The monoisotopic (exact) mass is 296 g/mol. The van der Waals surface area contributed by atoms with Crippen LogP contribution in [0.2, 0.25) is 0 Å². The molecule has 22 heavy (non-hydrogen) atoms. The smallest absolute Gasteiger partial charge is 0.224 e. The molecule has 3 rings (SSSR count). The third-order valence-electron chi connectivity index (χ3n) is 4.11. The summed E-state index contributed by atoms with van der Waals surface area (Å²) >= 11 is 0. The first-order valence-corrected chi connectivity index (χ1v) is 8.12. The zero-order valence-corrected chi connectivity index (χ0v) is 13.6. The van der Waals surface area contributed by atoms with E-state index in [-0.39, 0.29) is 0 Å². The Morgan fingerprint density at radius 1 is 1.18 bits per heavy atom. The van der Waals surface area contributed by atoms with Gasteiger partial charge in [-0.15, -0.1) is 0 Å². The van der Waals surface area contributed by atoms with Gasteiger partial charge in [0.05, 0.1) is 5.69 Å². The Hall–Kier alpha value is -2.10. The predicted molar refractivity (Wildman–Crippen MR) is 91.5 cm³/mol. The summed E-state index contributed by atoms with van der Waals surface area (Å²) < 4.78 is 0. The summed E-state index contributed by atoms with van der Waals surface area (Å²) in [5.74, 6) is 2.17. The van der Waals surface area contributed by atoms with Crippen molar-refractivity contribution in [1.29, 1.82) is 0 Å². The van der Waals surface area contributed by atoms with Gasteiger partial charge >= 0.3 is 0 Å². The van der Waals surface area contributed by atoms with E-state index in [1.807, 2.05) is 0 Å². The number of rotatable bonds is 4. The van der Waals surface area contributed by atoms with Gasteiger partial charge in [0.15, 0.2) is 0 Å². The molecule has 1 aliphatic rings. The van der Waals surface area contributed by atoms with Crippen LogP contribution >= 0.6 is 0 Å². The minimum absolute atomic E-state index is 0.399. The highest BCUT2D eigenvalue weighted by Crippen LogP contribution is 2.26. The van der Waals surface area contributed by atoms with Crippen LogP contribution in [-0.4, -0.2) is 23.1 Å². The molecule has 0 bridgehead atoms. The van der Waals surface area contributed by atoms with E-state index in [0.717, 1.165) is 43.5 Å². The van der Waals surface area contributed by atoms with Gasteiger partial charge in [0, 0.05) is 25.7 Å². The molecule has 0 saturated heterocycles. The van der Waals surface area contributed by atoms with Gasteiger partial charge in [-0.25, -0.2) is 4.98 Å². The van der Waals surface area contributed by atoms with Gasteiger partial charge in [-0.1, -0.05) is 38.1 Å². The van der Waals surface area contributed by atoms with Crippen LogP contribution in [0, 0.1) is 0 Å². The number of hydrogen-bond donors (Lipinski definition) is 1. The molecule has 2 heterocycles. The first-order valence-electron chi connectivity index (χ1n) is 8.12. The number of aromatic nitrogens is 2. The molecular formula is C18H24N4. The fourth-order valence-corrected chi connectivity index (χ4v) is 2.84. The lowest BCUT2D eigenvalue weighted by molar-refractivity contribution is 0.714. The first-order chi connectivity index (χ1) is 10.7. The van der Waals surface area contributed by atoms with Crippen molar-refractivity contribution in [2.24, 2.45) is 0 Å². The fourth-order valence-electron chi connectivity index (χ4n) is 2.84. The number of nitrogens with one attached hydrogen (secondary N) is 1. The largest absolute Gasteiger partial charge is 0.354 e. The second-order valence-corrected chi connectivity index (χ2v) is 6.10. The molecule has 0 saturated carbocycles. The summed E-state index contributed by atoms with van der Waals surface area (Å²) in [5.41, 5.74) is 3.96. The van der Waals surface area contributed by atoms with E-state index in [0.29, 0.717) is 5.92 Å². The van der Waals surface area contributed by atoms with Gasteiger partial charge in [0.1, 0.15) is 5.82 Å². The highest BCUT2D eigenvalue weighted by Gasteiger charge is 2.19. The maximum absolute atomic E-state index is 4.71. The Bertz CT molecular complexity index is 651. The predicted octanol–water partition coefficient (Wildman–Crippen LogP) is 3.59. The van der Waals surface area contributed by atoms with Crippen molar-refractivity contribution >= 4 is 11.8 Å². The van der Waals surface area contributed by atoms with Gasteiger partial charge in [-0.3, -0.25) is 0 Å². The molecule has 0 aliphatic carbocycles. The molecule has 1 aromatic carbocycles. The van der Waals surface area contributed by atoms with E-state index in [9.17, 15) is 0 Å². The van der Waals surface area contributed by atoms with E-state index in [2.05, 4.69) is 66.3 Å². The van der Waals surface area contributed by atoms with Crippen LogP contribution in [0.1, 0.15) is 43.5 Å². The number of nitrogens with zero attached hydrogens (tertiary/aromatic N) is 3. The SMILES string of the molecule is CCNc1nc(C(C)C)cc(N2CCc3ccccc3C2)n1. The van der Waals surface area contributed by atoms with Gasteiger partial charge in [0.25, 0.3) is 0 Å². The fraction of sp³-hybridized carbons (Fsp3) is 0.444. The summed E-state index contributed by atoms with van der Waals surface area (Å²) in [6, 6.07) is 10.8. The van der Waals surface area contributed by atoms with Crippen molar-refractivity contribution in [1.82, 2.24) is 9.97 Å². The molecule has 1 aromatic heterocycles. The lowest BCUT2D eigenvalue weighted by atomic mass is 10.00. The van der Waals surface area contributed by atoms with Crippen LogP contribution in [0.25, 0.3) is 0 Å². The minimum atomic E-state index is 0.399. The topological polar surface area (TPSA) is 41.1 Å². The number of fused-ring (bicyclic) bond motifs is 1. The molecule has 116 valence electrons. The van der Waals surface area contributed by atoms with Crippen LogP contribution in [0.3, 0.4) is 0 Å². The lowest BCUT2D eigenvalue weighted by Crippen LogP contribution is -2.31. The van der Waals surface area contributed by atoms with E-state index in [4.69, 9.17) is 4.98 Å². The summed E-state index contributed by atoms with van der Waals surface area (Å²) in [6.07, 6.45) is 1.08. The molecule has 4 heteroatoms. The molecule has 0 spiro atoms. The molecule has 2 aromatic rings. The highest BCUT2D eigenvalue weighted by atomic mass is 15.2. The molecule has 0 atom stereocenters. The Balaban J connectivity index is 1.91. The average Bonchev–Trinajstić information content (AvgIpc) is 2.54. The molecule has 1 N–H and O–H groups in total. The number of benzene rings is 1. The van der Waals surface area contributed by atoms with Gasteiger partial charge in [-0.2, -0.15) is 4.98 Å². The Morgan fingerprint density at radius 3 is 2.68 bits per heavy atom. The normalized spacial score (nSPS) is 14.1. The third-order valence-corrected chi connectivity index (χ3v) is 4.11. The van der Waals surface area contributed by atoms with Crippen molar-refractivity contribution < 1.29 is 0 Å². The quantitative estimate of drug-likeness (QED) is 0.936. The molecule has 1 aliphatic heterocycles. The van der Waals surface area contributed by atoms with Crippen LogP contribution in [0.15, 0.2) is 30.3 Å². The maximum Gasteiger partial charge on any atom is 0.224 e. The lowest BCUT2D eigenvalue weighted by Gasteiger charge is -2.30. The summed E-state index contributed by atoms with van der Waals surface area (Å²) in [5, 5.41) is 3.25. The second kappa shape index (κ2) is 6.34. The molecule has 0 amide bonds. The van der Waals surface area contributed by atoms with E-state index >= 15 is 0 Å². The number of hydrogen-bond acceptors (Lipinski definition) is 4. The highest BCUT2D eigenvalue weighted by molar-refractivity contribution is 5.48. The minimum Gasteiger partial charge on any atom is -0.354 e. The zero-order chi connectivity index (χ0) is 15.5. The van der Waals surface area contributed by atoms with Crippen LogP contribution in [0.5, 0.6) is 0 Å². The van der Waals surface area contributed by atoms with Crippen molar-refractivity contribution in [2.75, 3.05) is 23.3 Å². The van der Waals surface area contributed by atoms with Crippen molar-refractivity contribution in [3.63, 3.8) is 0 Å². The standard InChI is InChI=1S/C18H24N4/c1-4-19-18-20-16(13(2)3)11-17(21-18)22-10-9-14-7-5-6-8-15(14)12-22/h5-8,11,13H,4,9-10,12H2,1-3H3,(H,19,20,21). The Labute approximate surface area is 132 Å². The average molecular weight is 296 g/mol. The van der Waals surface area contributed by atoms with E-state index < -0.39 is 0 Å². The van der Waals surface area contributed by atoms with Gasteiger partial charge in [0.2, 0.25) is 5.95 Å². The van der Waals surface area contributed by atoms with E-state index in [1.54, 1.807) is 0 Å². The molecule has 0 radical (unpaired) electrons. The van der Waals surface area contributed by atoms with Crippen molar-refractivity contribution in [3.05, 3.63) is 47.2 Å². The Morgan fingerprint density at radius 2 is 1.95 bits per heavy atom. The van der Waals surface area contributed by atoms with Gasteiger partial charge < -0.3 is 10.2 Å². The maximum atomic E-state index is 4.71. The van der Waals surface area contributed by atoms with Crippen LogP contribution < -0.4 is 10.2 Å². The van der Waals surface area contributed by atoms with Crippen molar-refractivity contribution in [3.8, 4) is 0 Å². The summed E-state index contributed by atoms with van der Waals surface area (Å²) in [4.78, 5) is 11.7. The molecule has 0 fully saturated rings. The van der Waals surface area contributed by atoms with E-state index in [1.165, 1.54) is 11.1 Å². The molecular weight excluding hydrogens is 272 g/mol. The van der Waals surface area contributed by atoms with Crippen molar-refractivity contribution in [2.45, 2.75) is 39.7 Å². The van der Waals surface area contributed by atoms with Crippen LogP contribution in [0.4, 0.5) is 11.8 Å². The first kappa shape index (κ1) is 14.8. The third kappa shape index (κ3) is 3.06. The summed E-state index contributed by atoms with van der Waals surface area (Å²) in [6.45, 7) is 9.19. The molecule has 0 unspecified atom stereocenters. The molecule has 4 nitrogen and oxygen atoms in total. The Kier molecular flexibility index (Phi) is 4.27. The number of anilines is 2. The zero-order valence-electron chi connectivity index (χ0n) is 13.6. The second-order valence-electron chi connectivity index (χ2n) is 6.10. The van der Waals surface area contributed by atoms with Gasteiger partial charge in [-0.05, 0) is 30.4 Å². The van der Waals surface area contributed by atoms with Crippen LogP contribution in [-0.2, 0) is 13.0 Å².